The highest BCUT2D eigenvalue weighted by Crippen LogP contribution is 2.22. The fourth-order valence-electron chi connectivity index (χ4n) is 4.46. The molecule has 0 fully saturated rings. The molecule has 1 aliphatic heterocycles. The normalized spacial score (nSPS) is 16.4. The lowest BCUT2D eigenvalue weighted by Gasteiger charge is -2.19. The van der Waals surface area contributed by atoms with Crippen molar-refractivity contribution in [1.82, 2.24) is 9.88 Å². The maximum absolute atomic E-state index is 10.3. The van der Waals surface area contributed by atoms with E-state index in [1.54, 1.807) is 0 Å². The van der Waals surface area contributed by atoms with E-state index in [-0.39, 0.29) is 6.23 Å². The number of ether oxygens (including phenoxy) is 2. The van der Waals surface area contributed by atoms with Crippen molar-refractivity contribution in [3.8, 4) is 0 Å². The van der Waals surface area contributed by atoms with Gasteiger partial charge in [-0.3, -0.25) is 0 Å². The van der Waals surface area contributed by atoms with Crippen LogP contribution in [0.1, 0.15) is 63.9 Å². The zero-order chi connectivity index (χ0) is 25.6. The Hall–Kier alpha value is -2.89. The van der Waals surface area contributed by atoms with Crippen LogP contribution in [0.3, 0.4) is 0 Å². The maximum Gasteiger partial charge on any atom is 0.146 e. The van der Waals surface area contributed by atoms with E-state index >= 15 is 0 Å². The minimum absolute atomic E-state index is 0.0920. The highest BCUT2D eigenvalue weighted by atomic mass is 16.5. The molecule has 0 saturated carbocycles. The second-order valence-corrected chi connectivity index (χ2v) is 9.24. The molecule has 1 aromatic heterocycles. The number of carbonyl (C=O) groups is 1. The Morgan fingerprint density at radius 3 is 2.61 bits per heavy atom. The number of hydrogen-bond donors (Lipinski definition) is 1. The second-order valence-electron chi connectivity index (χ2n) is 9.24. The van der Waals surface area contributed by atoms with Gasteiger partial charge in [-0.2, -0.15) is 0 Å². The van der Waals surface area contributed by atoms with Crippen LogP contribution in [0, 0.1) is 0 Å². The Morgan fingerprint density at radius 1 is 1.08 bits per heavy atom. The van der Waals surface area contributed by atoms with Crippen LogP contribution in [0.25, 0.3) is 28.6 Å². The van der Waals surface area contributed by atoms with E-state index in [1.807, 2.05) is 12.3 Å². The topological polar surface area (TPSA) is 52.5 Å². The Kier molecular flexibility index (Phi) is 11.7. The van der Waals surface area contributed by atoms with Gasteiger partial charge in [0, 0.05) is 61.0 Å². The first-order chi connectivity index (χ1) is 17.7. The predicted molar refractivity (Wildman–Crippen MR) is 151 cm³/mol. The van der Waals surface area contributed by atoms with E-state index in [9.17, 15) is 4.79 Å². The molecule has 1 aromatic carbocycles. The molecule has 3 rings (SSSR count). The van der Waals surface area contributed by atoms with Crippen molar-refractivity contribution < 1.29 is 14.3 Å². The number of allylic oxidation sites excluding steroid dienone is 3. The van der Waals surface area contributed by atoms with E-state index in [0.29, 0.717) is 6.42 Å². The molecule has 194 valence electrons. The Labute approximate surface area is 215 Å². The third-order valence-corrected chi connectivity index (χ3v) is 6.48. The molecule has 1 N–H and O–H groups in total. The Bertz CT molecular complexity index is 1170. The summed E-state index contributed by atoms with van der Waals surface area (Å²) in [5.41, 5.74) is 3.56. The zero-order valence-electron chi connectivity index (χ0n) is 22.0. The van der Waals surface area contributed by atoms with Gasteiger partial charge in [0.25, 0.3) is 0 Å². The molecule has 1 atom stereocenters. The summed E-state index contributed by atoms with van der Waals surface area (Å²) in [7, 11) is 2.13. The summed E-state index contributed by atoms with van der Waals surface area (Å²) in [4.78, 5) is 10.3. The van der Waals surface area contributed by atoms with Crippen molar-refractivity contribution in [1.29, 1.82) is 0 Å². The van der Waals surface area contributed by atoms with Crippen LogP contribution in [0.5, 0.6) is 0 Å². The monoisotopic (exact) mass is 490 g/mol. The highest BCUT2D eigenvalue weighted by molar-refractivity contribution is 5.87. The van der Waals surface area contributed by atoms with Crippen LogP contribution in [-0.4, -0.2) is 36.9 Å². The quantitative estimate of drug-likeness (QED) is 0.262. The van der Waals surface area contributed by atoms with Gasteiger partial charge in [0.2, 0.25) is 0 Å². The van der Waals surface area contributed by atoms with E-state index in [4.69, 9.17) is 9.47 Å². The minimum atomic E-state index is -0.0920. The lowest BCUT2D eigenvalue weighted by Crippen LogP contribution is -2.28. The SMILES string of the molecule is C=C/C=c1\c(=C/CCC)c2ccc(C3=CNC(OCCCCCOCCCCC=O)C=C3)cc2n1C. The number of nitrogens with zero attached hydrogens (tertiary/aromatic N) is 1. The van der Waals surface area contributed by atoms with Crippen LogP contribution >= 0.6 is 0 Å². The molecule has 36 heavy (non-hydrogen) atoms. The summed E-state index contributed by atoms with van der Waals surface area (Å²) in [6.45, 7) is 8.37. The average molecular weight is 491 g/mol. The molecular weight excluding hydrogens is 448 g/mol. The van der Waals surface area contributed by atoms with Crippen molar-refractivity contribution in [2.45, 2.75) is 64.5 Å². The smallest absolute Gasteiger partial charge is 0.146 e. The van der Waals surface area contributed by atoms with Crippen LogP contribution in [0.2, 0.25) is 0 Å². The van der Waals surface area contributed by atoms with E-state index < -0.39 is 0 Å². The van der Waals surface area contributed by atoms with Gasteiger partial charge >= 0.3 is 0 Å². The summed E-state index contributed by atoms with van der Waals surface area (Å²) in [6.07, 6.45) is 21.3. The van der Waals surface area contributed by atoms with Crippen molar-refractivity contribution in [2.75, 3.05) is 19.8 Å². The minimum Gasteiger partial charge on any atom is -0.381 e. The largest absolute Gasteiger partial charge is 0.381 e. The standard InChI is InChI=1S/C31H42N2O3/c1-4-6-14-27-28-17-15-25(23-30(28)33(3)29(27)13-5-2)26-16-18-31(32-24-26)36-22-12-8-11-21-35-20-10-7-9-19-34/h5,13-19,23-24,31-32H,2,4,6-12,20-22H2,1,3H3/b27-14-,29-13+. The fourth-order valence-corrected chi connectivity index (χ4v) is 4.46. The van der Waals surface area contributed by atoms with Gasteiger partial charge in [-0.05, 0) is 67.9 Å². The number of carbonyl (C=O) groups excluding carboxylic acids is 1. The molecule has 0 aliphatic carbocycles. The van der Waals surface area contributed by atoms with Gasteiger partial charge in [-0.25, -0.2) is 0 Å². The highest BCUT2D eigenvalue weighted by Gasteiger charge is 2.11. The molecule has 0 saturated heterocycles. The number of aldehydes is 1. The van der Waals surface area contributed by atoms with Gasteiger partial charge in [-0.15, -0.1) is 0 Å². The van der Waals surface area contributed by atoms with Crippen LogP contribution in [0.15, 0.2) is 49.2 Å². The summed E-state index contributed by atoms with van der Waals surface area (Å²) < 4.78 is 13.8. The maximum atomic E-state index is 10.3. The molecule has 0 amide bonds. The number of nitrogens with one attached hydrogen (secondary N) is 1. The summed E-state index contributed by atoms with van der Waals surface area (Å²) in [5.74, 6) is 0. The molecule has 0 radical (unpaired) electrons. The molecular formula is C31H42N2O3. The molecule has 5 nitrogen and oxygen atoms in total. The van der Waals surface area contributed by atoms with Gasteiger partial charge < -0.3 is 24.2 Å². The van der Waals surface area contributed by atoms with Crippen LogP contribution in [0.4, 0.5) is 0 Å². The first-order valence-electron chi connectivity index (χ1n) is 13.4. The second kappa shape index (κ2) is 15.3. The molecule has 1 aliphatic rings. The summed E-state index contributed by atoms with van der Waals surface area (Å²) in [5, 5.41) is 7.15. The zero-order valence-corrected chi connectivity index (χ0v) is 22.0. The number of benzene rings is 1. The van der Waals surface area contributed by atoms with Gasteiger partial charge in [0.1, 0.15) is 12.5 Å². The van der Waals surface area contributed by atoms with Crippen molar-refractivity contribution in [3.63, 3.8) is 0 Å². The Balaban J connectivity index is 1.49. The lowest BCUT2D eigenvalue weighted by atomic mass is 10.0. The van der Waals surface area contributed by atoms with E-state index in [2.05, 4.69) is 72.9 Å². The molecule has 0 spiro atoms. The van der Waals surface area contributed by atoms with Crippen molar-refractivity contribution in [3.05, 3.63) is 65.3 Å². The Morgan fingerprint density at radius 2 is 1.89 bits per heavy atom. The first-order valence-corrected chi connectivity index (χ1v) is 13.4. The fraction of sp³-hybridized carbons (Fsp3) is 0.452. The third kappa shape index (κ3) is 7.81. The van der Waals surface area contributed by atoms with Crippen LogP contribution in [-0.2, 0) is 21.3 Å². The van der Waals surface area contributed by atoms with Crippen molar-refractivity contribution in [2.24, 2.45) is 7.05 Å². The van der Waals surface area contributed by atoms with E-state index in [0.717, 1.165) is 76.6 Å². The van der Waals surface area contributed by atoms with E-state index in [1.165, 1.54) is 27.0 Å². The molecule has 5 heteroatoms. The summed E-state index contributed by atoms with van der Waals surface area (Å²) >= 11 is 0. The van der Waals surface area contributed by atoms with Crippen molar-refractivity contribution >= 4 is 34.9 Å². The molecule has 1 unspecified atom stereocenters. The number of fused-ring (bicyclic) bond motifs is 1. The van der Waals surface area contributed by atoms with Gasteiger partial charge in [0.05, 0.1) is 0 Å². The number of dihydropyridines is 1. The summed E-state index contributed by atoms with van der Waals surface area (Å²) in [6, 6.07) is 6.70. The average Bonchev–Trinajstić information content (AvgIpc) is 3.16. The lowest BCUT2D eigenvalue weighted by molar-refractivity contribution is -0.108. The predicted octanol–water partition coefficient (Wildman–Crippen LogP) is 5.12. The molecule has 2 heterocycles. The number of aryl methyl sites for hydroxylation is 1. The number of aromatic nitrogens is 1. The number of hydrogen-bond acceptors (Lipinski definition) is 4. The third-order valence-electron chi connectivity index (χ3n) is 6.48. The van der Waals surface area contributed by atoms with Gasteiger partial charge in [0.15, 0.2) is 0 Å². The number of unbranched alkanes of at least 4 members (excludes halogenated alkanes) is 5. The van der Waals surface area contributed by atoms with Crippen LogP contribution < -0.4 is 15.9 Å². The molecule has 0 bridgehead atoms. The number of rotatable bonds is 16. The first kappa shape index (κ1) is 27.7. The molecule has 2 aromatic rings. The van der Waals surface area contributed by atoms with Gasteiger partial charge in [-0.1, -0.05) is 50.3 Å².